The number of nitrogens with zero attached hydrogens (tertiary/aromatic N) is 3. The van der Waals surface area contributed by atoms with Crippen molar-refractivity contribution >= 4 is 40.5 Å². The number of piperazine rings is 1. The van der Waals surface area contributed by atoms with Gasteiger partial charge in [0.25, 0.3) is 5.91 Å². The lowest BCUT2D eigenvalue weighted by molar-refractivity contribution is -0.148. The minimum Gasteiger partial charge on any atom is -0.328 e. The first-order valence-corrected chi connectivity index (χ1v) is 8.97. The van der Waals surface area contributed by atoms with E-state index in [0.717, 1.165) is 14.7 Å². The molecule has 2 aromatic rings. The van der Waals surface area contributed by atoms with Crippen LogP contribution in [0.3, 0.4) is 0 Å². The van der Waals surface area contributed by atoms with Crippen molar-refractivity contribution in [3.63, 3.8) is 0 Å². The maximum atomic E-state index is 12.8. The van der Waals surface area contributed by atoms with Gasteiger partial charge in [0.2, 0.25) is 5.91 Å². The fraction of sp³-hybridized carbons (Fsp3) is 0.211. The number of hydrogen-bond donors (Lipinski definition) is 0. The van der Waals surface area contributed by atoms with E-state index in [1.165, 1.54) is 9.80 Å². The van der Waals surface area contributed by atoms with E-state index < -0.39 is 6.04 Å². The number of amides is 2. The van der Waals surface area contributed by atoms with Gasteiger partial charge in [-0.2, -0.15) is 0 Å². The molecule has 1 atom stereocenters. The zero-order valence-corrected chi connectivity index (χ0v) is 16.2. The first kappa shape index (κ1) is 17.6. The Bertz CT molecular complexity index is 836. The predicted octanol–water partition coefficient (Wildman–Crippen LogP) is 2.57. The topological polar surface area (TPSA) is 53.5 Å². The number of carbonyl (C=O) groups excluding carboxylic acids is 2. The fourth-order valence-electron chi connectivity index (χ4n) is 2.84. The van der Waals surface area contributed by atoms with Crippen LogP contribution in [-0.4, -0.2) is 46.7 Å². The molecule has 1 aromatic heterocycles. The van der Waals surface area contributed by atoms with Crippen LogP contribution in [-0.2, 0) is 16.0 Å². The van der Waals surface area contributed by atoms with E-state index in [-0.39, 0.29) is 11.8 Å². The van der Waals surface area contributed by atoms with Crippen LogP contribution < -0.4 is 0 Å². The maximum absolute atomic E-state index is 12.8. The molecule has 0 saturated carbocycles. The molecule has 1 saturated heterocycles. The molecule has 128 valence electrons. The summed E-state index contributed by atoms with van der Waals surface area (Å²) >= 11 is 2.19. The molecule has 0 bridgehead atoms. The molecule has 1 unspecified atom stereocenters. The molecule has 3 rings (SSSR count). The summed E-state index contributed by atoms with van der Waals surface area (Å²) in [6.45, 7) is 0. The molecule has 2 amide bonds. The molecule has 0 aliphatic carbocycles. The van der Waals surface area contributed by atoms with Crippen LogP contribution in [0.1, 0.15) is 11.1 Å². The summed E-state index contributed by atoms with van der Waals surface area (Å²) in [6, 6.07) is 11.1. The normalized spacial score (nSPS) is 19.6. The van der Waals surface area contributed by atoms with E-state index >= 15 is 0 Å². The van der Waals surface area contributed by atoms with Crippen molar-refractivity contribution in [2.75, 3.05) is 14.1 Å². The molecule has 25 heavy (non-hydrogen) atoms. The molecular weight excluding hydrogens is 429 g/mol. The van der Waals surface area contributed by atoms with E-state index in [0.29, 0.717) is 12.1 Å². The number of halogens is 1. The highest BCUT2D eigenvalue weighted by molar-refractivity contribution is 14.1. The molecule has 1 aliphatic heterocycles. The Labute approximate surface area is 160 Å². The van der Waals surface area contributed by atoms with Crippen molar-refractivity contribution in [1.29, 1.82) is 0 Å². The van der Waals surface area contributed by atoms with Gasteiger partial charge in [0.1, 0.15) is 11.7 Å². The SMILES string of the molecule is CN1C(=O)C(Cc2ccccc2)N(C)C(=O)C1=Cc1cnccc1I. The minimum atomic E-state index is -0.495. The smallest absolute Gasteiger partial charge is 0.271 e. The Balaban J connectivity index is 1.91. The average molecular weight is 447 g/mol. The highest BCUT2D eigenvalue weighted by Gasteiger charge is 2.39. The van der Waals surface area contributed by atoms with E-state index in [1.54, 1.807) is 32.6 Å². The highest BCUT2D eigenvalue weighted by Crippen LogP contribution is 2.24. The summed E-state index contributed by atoms with van der Waals surface area (Å²) in [5.41, 5.74) is 2.21. The number of likely N-dealkylation sites (N-methyl/N-ethyl adjacent to an activating group) is 2. The van der Waals surface area contributed by atoms with Crippen LogP contribution in [0.15, 0.2) is 54.5 Å². The van der Waals surface area contributed by atoms with Gasteiger partial charge in [-0.1, -0.05) is 30.3 Å². The number of rotatable bonds is 3. The molecule has 5 nitrogen and oxygen atoms in total. The van der Waals surface area contributed by atoms with Crippen molar-refractivity contribution in [1.82, 2.24) is 14.8 Å². The summed E-state index contributed by atoms with van der Waals surface area (Å²) in [6.07, 6.45) is 5.62. The van der Waals surface area contributed by atoms with Crippen LogP contribution in [0, 0.1) is 3.57 Å². The predicted molar refractivity (Wildman–Crippen MR) is 104 cm³/mol. The minimum absolute atomic E-state index is 0.0869. The maximum Gasteiger partial charge on any atom is 0.271 e. The van der Waals surface area contributed by atoms with Crippen molar-refractivity contribution in [2.24, 2.45) is 0 Å². The summed E-state index contributed by atoms with van der Waals surface area (Å²) in [4.78, 5) is 32.8. The number of pyridine rings is 1. The van der Waals surface area contributed by atoms with E-state index in [2.05, 4.69) is 27.6 Å². The van der Waals surface area contributed by atoms with E-state index in [1.807, 2.05) is 36.4 Å². The Hall–Kier alpha value is -2.22. The van der Waals surface area contributed by atoms with Gasteiger partial charge in [-0.25, -0.2) is 0 Å². The number of carbonyl (C=O) groups is 2. The van der Waals surface area contributed by atoms with Crippen LogP contribution in [0.25, 0.3) is 6.08 Å². The summed E-state index contributed by atoms with van der Waals surface area (Å²) in [5, 5.41) is 0. The zero-order valence-electron chi connectivity index (χ0n) is 14.0. The molecule has 1 aromatic carbocycles. The van der Waals surface area contributed by atoms with Crippen LogP contribution in [0.2, 0.25) is 0 Å². The van der Waals surface area contributed by atoms with Gasteiger partial charge < -0.3 is 9.80 Å². The molecule has 0 spiro atoms. The number of aromatic nitrogens is 1. The van der Waals surface area contributed by atoms with Gasteiger partial charge in [-0.3, -0.25) is 14.6 Å². The van der Waals surface area contributed by atoms with E-state index in [9.17, 15) is 9.59 Å². The second-order valence-corrected chi connectivity index (χ2v) is 7.11. The van der Waals surface area contributed by atoms with Gasteiger partial charge >= 0.3 is 0 Å². The molecule has 1 fully saturated rings. The van der Waals surface area contributed by atoms with E-state index in [4.69, 9.17) is 0 Å². The second kappa shape index (κ2) is 7.35. The molecule has 0 radical (unpaired) electrons. The number of benzene rings is 1. The molecule has 0 N–H and O–H groups in total. The lowest BCUT2D eigenvalue weighted by Crippen LogP contribution is -2.56. The van der Waals surface area contributed by atoms with Crippen LogP contribution >= 0.6 is 22.6 Å². The monoisotopic (exact) mass is 447 g/mol. The standard InChI is InChI=1S/C19H18IN3O2/c1-22-16(10-13-6-4-3-5-7-13)18(24)23(2)17(19(22)25)11-14-12-21-9-8-15(14)20/h3-9,11-12,16H,10H2,1-2H3. The molecular formula is C19H18IN3O2. The fourth-order valence-corrected chi connectivity index (χ4v) is 3.29. The third kappa shape index (κ3) is 3.58. The zero-order chi connectivity index (χ0) is 18.0. The van der Waals surface area contributed by atoms with Gasteiger partial charge in [0, 0.05) is 42.0 Å². The Morgan fingerprint density at radius 3 is 2.56 bits per heavy atom. The second-order valence-electron chi connectivity index (χ2n) is 5.95. The summed E-state index contributed by atoms with van der Waals surface area (Å²) in [7, 11) is 3.34. The molecule has 6 heteroatoms. The van der Waals surface area contributed by atoms with Gasteiger partial charge in [0.05, 0.1) is 0 Å². The largest absolute Gasteiger partial charge is 0.328 e. The Morgan fingerprint density at radius 1 is 1.16 bits per heavy atom. The average Bonchev–Trinajstić information content (AvgIpc) is 2.63. The highest BCUT2D eigenvalue weighted by atomic mass is 127. The molecule has 2 heterocycles. The Kier molecular flexibility index (Phi) is 5.17. The molecule has 1 aliphatic rings. The van der Waals surface area contributed by atoms with Crippen LogP contribution in [0.4, 0.5) is 0 Å². The van der Waals surface area contributed by atoms with Gasteiger partial charge in [0.15, 0.2) is 0 Å². The van der Waals surface area contributed by atoms with Crippen molar-refractivity contribution in [3.05, 3.63) is 69.2 Å². The third-order valence-corrected chi connectivity index (χ3v) is 5.33. The van der Waals surface area contributed by atoms with Gasteiger partial charge in [-0.05, 0) is 40.3 Å². The summed E-state index contributed by atoms with van der Waals surface area (Å²) in [5.74, 6) is -0.251. The van der Waals surface area contributed by atoms with Crippen molar-refractivity contribution in [2.45, 2.75) is 12.5 Å². The Morgan fingerprint density at radius 2 is 1.88 bits per heavy atom. The first-order chi connectivity index (χ1) is 12.0. The van der Waals surface area contributed by atoms with Crippen molar-refractivity contribution in [3.8, 4) is 0 Å². The van der Waals surface area contributed by atoms with Gasteiger partial charge in [-0.15, -0.1) is 0 Å². The third-order valence-electron chi connectivity index (χ3n) is 4.34. The first-order valence-electron chi connectivity index (χ1n) is 7.89. The quantitative estimate of drug-likeness (QED) is 0.537. The summed E-state index contributed by atoms with van der Waals surface area (Å²) < 4.78 is 0.975. The number of hydrogen-bond acceptors (Lipinski definition) is 3. The van der Waals surface area contributed by atoms with Crippen molar-refractivity contribution < 1.29 is 9.59 Å². The lowest BCUT2D eigenvalue weighted by Gasteiger charge is -2.38. The van der Waals surface area contributed by atoms with Crippen LogP contribution in [0.5, 0.6) is 0 Å². The lowest BCUT2D eigenvalue weighted by atomic mass is 10.0.